The highest BCUT2D eigenvalue weighted by molar-refractivity contribution is 6.85. The predicted octanol–water partition coefficient (Wildman–Crippen LogP) is 3.72. The summed E-state index contributed by atoms with van der Waals surface area (Å²) in [5, 5.41) is 1.44. The smallest absolute Gasteiger partial charge is 0.220 e. The first-order chi connectivity index (χ1) is 9.21. The van der Waals surface area contributed by atoms with E-state index in [4.69, 9.17) is 4.43 Å². The third-order valence-corrected chi connectivity index (χ3v) is 8.80. The number of hydrogen-bond donors (Lipinski definition) is 0. The standard InChI is InChI=1S/C17H24OSi/c1-3-19(2,17-7-5-4-6-8-17)18-13-16-12-14-9-10-15(16)11-14/h4-10,14-16H,3,11-13H2,1-2H3/t14?,15-,16?,19?/m1/s1. The molecule has 0 spiro atoms. The van der Waals surface area contributed by atoms with E-state index < -0.39 is 8.32 Å². The third-order valence-electron chi connectivity index (χ3n) is 5.09. The number of hydrogen-bond acceptors (Lipinski definition) is 1. The van der Waals surface area contributed by atoms with Gasteiger partial charge in [-0.05, 0) is 48.4 Å². The van der Waals surface area contributed by atoms with Gasteiger partial charge in [0.2, 0.25) is 8.32 Å². The Balaban J connectivity index is 1.65. The average Bonchev–Trinajstić information content (AvgIpc) is 3.08. The first kappa shape index (κ1) is 13.1. The van der Waals surface area contributed by atoms with Crippen LogP contribution < -0.4 is 5.19 Å². The van der Waals surface area contributed by atoms with Crippen molar-refractivity contribution in [1.29, 1.82) is 0 Å². The number of fused-ring (bicyclic) bond motifs is 2. The number of benzene rings is 1. The molecule has 3 rings (SSSR count). The first-order valence-electron chi connectivity index (χ1n) is 7.59. The fraction of sp³-hybridized carbons (Fsp3) is 0.529. The Morgan fingerprint density at radius 3 is 2.53 bits per heavy atom. The van der Waals surface area contributed by atoms with Crippen LogP contribution in [0.5, 0.6) is 0 Å². The van der Waals surface area contributed by atoms with Crippen LogP contribution in [0.3, 0.4) is 0 Å². The van der Waals surface area contributed by atoms with Crippen LogP contribution in [0.15, 0.2) is 42.5 Å². The predicted molar refractivity (Wildman–Crippen MR) is 83.0 cm³/mol. The van der Waals surface area contributed by atoms with E-state index in [0.717, 1.165) is 30.4 Å². The van der Waals surface area contributed by atoms with Gasteiger partial charge in [0, 0.05) is 6.61 Å². The van der Waals surface area contributed by atoms with Gasteiger partial charge in [-0.25, -0.2) is 0 Å². The van der Waals surface area contributed by atoms with Crippen molar-refractivity contribution in [2.75, 3.05) is 6.61 Å². The maximum atomic E-state index is 6.51. The minimum atomic E-state index is -1.72. The molecule has 1 aromatic carbocycles. The van der Waals surface area contributed by atoms with Crippen LogP contribution in [-0.4, -0.2) is 14.9 Å². The molecule has 2 aliphatic carbocycles. The topological polar surface area (TPSA) is 9.23 Å². The molecule has 0 heterocycles. The summed E-state index contributed by atoms with van der Waals surface area (Å²) in [6.07, 6.45) is 7.57. The highest BCUT2D eigenvalue weighted by atomic mass is 28.4. The zero-order valence-corrected chi connectivity index (χ0v) is 13.0. The zero-order chi connectivity index (χ0) is 13.3. The van der Waals surface area contributed by atoms with Gasteiger partial charge < -0.3 is 4.43 Å². The molecule has 0 amide bonds. The second-order valence-corrected chi connectivity index (χ2v) is 10.3. The van der Waals surface area contributed by atoms with Crippen LogP contribution in [0.25, 0.3) is 0 Å². The molecule has 0 radical (unpaired) electrons. The second-order valence-electron chi connectivity index (χ2n) is 6.30. The maximum Gasteiger partial charge on any atom is 0.220 e. The molecule has 19 heavy (non-hydrogen) atoms. The Labute approximate surface area is 117 Å². The van der Waals surface area contributed by atoms with Gasteiger partial charge in [0.25, 0.3) is 0 Å². The number of rotatable bonds is 5. The minimum Gasteiger partial charge on any atom is -0.412 e. The first-order valence-corrected chi connectivity index (χ1v) is 10.2. The van der Waals surface area contributed by atoms with Crippen molar-refractivity contribution >= 4 is 13.5 Å². The largest absolute Gasteiger partial charge is 0.412 e. The van der Waals surface area contributed by atoms with Gasteiger partial charge >= 0.3 is 0 Å². The van der Waals surface area contributed by atoms with Gasteiger partial charge in [-0.1, -0.05) is 49.4 Å². The van der Waals surface area contributed by atoms with Crippen molar-refractivity contribution in [2.45, 2.75) is 32.4 Å². The lowest BCUT2D eigenvalue weighted by Gasteiger charge is -2.30. The molecule has 0 saturated heterocycles. The summed E-state index contributed by atoms with van der Waals surface area (Å²) in [7, 11) is -1.72. The lowest BCUT2D eigenvalue weighted by atomic mass is 9.95. The summed E-state index contributed by atoms with van der Waals surface area (Å²) in [5.74, 6) is 2.43. The van der Waals surface area contributed by atoms with E-state index in [1.54, 1.807) is 0 Å². The van der Waals surface area contributed by atoms with Gasteiger partial charge in [-0.15, -0.1) is 0 Å². The summed E-state index contributed by atoms with van der Waals surface area (Å²) < 4.78 is 6.51. The highest BCUT2D eigenvalue weighted by Crippen LogP contribution is 2.43. The Kier molecular flexibility index (Phi) is 3.63. The van der Waals surface area contributed by atoms with Crippen LogP contribution in [-0.2, 0) is 4.43 Å². The zero-order valence-electron chi connectivity index (χ0n) is 12.0. The van der Waals surface area contributed by atoms with E-state index in [9.17, 15) is 0 Å². The molecule has 1 saturated carbocycles. The molecule has 3 unspecified atom stereocenters. The molecular formula is C17H24OSi. The minimum absolute atomic E-state index is 0.775. The van der Waals surface area contributed by atoms with Crippen molar-refractivity contribution in [3.8, 4) is 0 Å². The molecule has 1 fully saturated rings. The monoisotopic (exact) mass is 272 g/mol. The maximum absolute atomic E-state index is 6.51. The molecule has 2 heteroatoms. The molecule has 4 atom stereocenters. The lowest BCUT2D eigenvalue weighted by Crippen LogP contribution is -2.48. The molecular weight excluding hydrogens is 248 g/mol. The Morgan fingerprint density at radius 2 is 1.95 bits per heavy atom. The highest BCUT2D eigenvalue weighted by Gasteiger charge is 2.38. The normalized spacial score (nSPS) is 31.6. The van der Waals surface area contributed by atoms with E-state index in [0.29, 0.717) is 0 Å². The molecule has 2 aliphatic rings. The summed E-state index contributed by atoms with van der Waals surface area (Å²) in [6, 6.07) is 12.0. The summed E-state index contributed by atoms with van der Waals surface area (Å²) in [6.45, 7) is 5.61. The van der Waals surface area contributed by atoms with Gasteiger partial charge in [0.1, 0.15) is 0 Å². The third kappa shape index (κ3) is 2.56. The quantitative estimate of drug-likeness (QED) is 0.586. The molecule has 0 N–H and O–H groups in total. The molecule has 0 aromatic heterocycles. The van der Waals surface area contributed by atoms with Crippen molar-refractivity contribution in [1.82, 2.24) is 0 Å². The van der Waals surface area contributed by atoms with Gasteiger partial charge in [-0.2, -0.15) is 0 Å². The molecule has 0 aliphatic heterocycles. The van der Waals surface area contributed by atoms with Crippen LogP contribution in [0.4, 0.5) is 0 Å². The summed E-state index contributed by atoms with van der Waals surface area (Å²) >= 11 is 0. The Morgan fingerprint density at radius 1 is 1.16 bits per heavy atom. The van der Waals surface area contributed by atoms with Crippen LogP contribution in [0, 0.1) is 17.8 Å². The molecule has 2 bridgehead atoms. The SMILES string of the molecule is CC[Si](C)(OCC1CC2C=C[C@@H]1C2)c1ccccc1. The number of allylic oxidation sites excluding steroid dienone is 2. The van der Waals surface area contributed by atoms with Crippen LogP contribution >= 0.6 is 0 Å². The van der Waals surface area contributed by atoms with Crippen molar-refractivity contribution < 1.29 is 4.43 Å². The Hall–Kier alpha value is -0.863. The van der Waals surface area contributed by atoms with E-state index in [1.807, 2.05) is 0 Å². The van der Waals surface area contributed by atoms with Crippen molar-refractivity contribution in [3.63, 3.8) is 0 Å². The van der Waals surface area contributed by atoms with Gasteiger partial charge in [-0.3, -0.25) is 0 Å². The summed E-state index contributed by atoms with van der Waals surface area (Å²) in [4.78, 5) is 0. The molecule has 1 nitrogen and oxygen atoms in total. The lowest BCUT2D eigenvalue weighted by molar-refractivity contribution is 0.222. The second kappa shape index (κ2) is 5.26. The fourth-order valence-electron chi connectivity index (χ4n) is 3.56. The van der Waals surface area contributed by atoms with E-state index >= 15 is 0 Å². The van der Waals surface area contributed by atoms with E-state index in [-0.39, 0.29) is 0 Å². The van der Waals surface area contributed by atoms with Crippen molar-refractivity contribution in [2.24, 2.45) is 17.8 Å². The summed E-state index contributed by atoms with van der Waals surface area (Å²) in [5.41, 5.74) is 0. The Bertz CT molecular complexity index is 456. The van der Waals surface area contributed by atoms with E-state index in [1.165, 1.54) is 18.0 Å². The average molecular weight is 272 g/mol. The van der Waals surface area contributed by atoms with E-state index in [2.05, 4.69) is 56.0 Å². The van der Waals surface area contributed by atoms with Crippen LogP contribution in [0.2, 0.25) is 12.6 Å². The molecule has 102 valence electrons. The fourth-order valence-corrected chi connectivity index (χ4v) is 5.82. The van der Waals surface area contributed by atoms with Crippen LogP contribution in [0.1, 0.15) is 19.8 Å². The van der Waals surface area contributed by atoms with Gasteiger partial charge in [0.15, 0.2) is 0 Å². The van der Waals surface area contributed by atoms with Crippen molar-refractivity contribution in [3.05, 3.63) is 42.5 Å². The van der Waals surface area contributed by atoms with Gasteiger partial charge in [0.05, 0.1) is 0 Å². The molecule has 1 aromatic rings.